The van der Waals surface area contributed by atoms with Gasteiger partial charge in [-0.1, -0.05) is 5.21 Å². The van der Waals surface area contributed by atoms with Crippen molar-refractivity contribution in [2.75, 3.05) is 32.8 Å². The first-order valence-corrected chi connectivity index (χ1v) is 6.61. The number of ether oxygens (including phenoxy) is 1. The largest absolute Gasteiger partial charge is 0.478 e. The second-order valence-electron chi connectivity index (χ2n) is 4.78. The molecule has 1 saturated heterocycles. The van der Waals surface area contributed by atoms with Crippen LogP contribution in [-0.2, 0) is 11.3 Å². The number of hydrogen-bond acceptors (Lipinski definition) is 5. The Kier molecular flexibility index (Phi) is 3.62. The Labute approximate surface area is 115 Å². The van der Waals surface area contributed by atoms with Crippen molar-refractivity contribution in [3.8, 4) is 0 Å². The van der Waals surface area contributed by atoms with E-state index in [2.05, 4.69) is 15.2 Å². The van der Waals surface area contributed by atoms with Crippen LogP contribution in [0.25, 0.3) is 11.0 Å². The minimum atomic E-state index is -0.949. The number of benzene rings is 1. The molecule has 0 amide bonds. The molecule has 3 rings (SSSR count). The first-order valence-electron chi connectivity index (χ1n) is 6.61. The molecule has 1 N–H and O–H groups in total. The van der Waals surface area contributed by atoms with E-state index in [4.69, 9.17) is 9.84 Å². The number of morpholine rings is 1. The summed E-state index contributed by atoms with van der Waals surface area (Å²) in [5, 5.41) is 17.1. The normalized spacial score (nSPS) is 16.6. The van der Waals surface area contributed by atoms with E-state index in [9.17, 15) is 4.79 Å². The van der Waals surface area contributed by atoms with Crippen LogP contribution in [0.1, 0.15) is 10.4 Å². The second kappa shape index (κ2) is 5.56. The van der Waals surface area contributed by atoms with Crippen molar-refractivity contribution in [2.24, 2.45) is 0 Å². The Balaban J connectivity index is 1.73. The number of hydrogen-bond donors (Lipinski definition) is 1. The van der Waals surface area contributed by atoms with E-state index < -0.39 is 5.97 Å². The van der Waals surface area contributed by atoms with E-state index in [1.54, 1.807) is 18.2 Å². The van der Waals surface area contributed by atoms with Gasteiger partial charge < -0.3 is 9.84 Å². The van der Waals surface area contributed by atoms with Gasteiger partial charge in [0.25, 0.3) is 0 Å². The second-order valence-corrected chi connectivity index (χ2v) is 4.78. The lowest BCUT2D eigenvalue weighted by atomic mass is 10.2. The minimum Gasteiger partial charge on any atom is -0.478 e. The van der Waals surface area contributed by atoms with Gasteiger partial charge >= 0.3 is 5.97 Å². The fourth-order valence-electron chi connectivity index (χ4n) is 2.33. The molecule has 20 heavy (non-hydrogen) atoms. The van der Waals surface area contributed by atoms with E-state index in [1.807, 2.05) is 4.68 Å². The monoisotopic (exact) mass is 276 g/mol. The molecule has 1 aromatic carbocycles. The summed E-state index contributed by atoms with van der Waals surface area (Å²) in [4.78, 5) is 13.2. The summed E-state index contributed by atoms with van der Waals surface area (Å²) in [5.74, 6) is -0.949. The number of carbonyl (C=O) groups is 1. The average molecular weight is 276 g/mol. The number of carboxylic acids is 1. The SMILES string of the molecule is O=C(O)c1ccc2c(c1)nnn2CCN1CCOCC1. The molecule has 1 aromatic heterocycles. The highest BCUT2D eigenvalue weighted by atomic mass is 16.5. The van der Waals surface area contributed by atoms with Gasteiger partial charge in [-0.2, -0.15) is 0 Å². The minimum absolute atomic E-state index is 0.234. The number of aromatic nitrogens is 3. The molecule has 1 aliphatic rings. The molecular weight excluding hydrogens is 260 g/mol. The third-order valence-corrected chi connectivity index (χ3v) is 3.49. The molecule has 0 atom stereocenters. The average Bonchev–Trinajstić information content (AvgIpc) is 2.88. The predicted octanol–water partition coefficient (Wildman–Crippen LogP) is 0.462. The van der Waals surface area contributed by atoms with Gasteiger partial charge in [0.1, 0.15) is 5.52 Å². The van der Waals surface area contributed by atoms with Crippen LogP contribution < -0.4 is 0 Å². The van der Waals surface area contributed by atoms with E-state index in [1.165, 1.54) is 0 Å². The number of carboxylic acid groups (broad SMARTS) is 1. The van der Waals surface area contributed by atoms with Gasteiger partial charge in [-0.15, -0.1) is 5.10 Å². The maximum atomic E-state index is 10.9. The van der Waals surface area contributed by atoms with Gasteiger partial charge in [-0.3, -0.25) is 4.90 Å². The van der Waals surface area contributed by atoms with Gasteiger partial charge in [0, 0.05) is 19.6 Å². The predicted molar refractivity (Wildman–Crippen MR) is 71.7 cm³/mol. The first-order chi connectivity index (χ1) is 9.74. The summed E-state index contributed by atoms with van der Waals surface area (Å²) in [7, 11) is 0. The Hall–Kier alpha value is -1.99. The Morgan fingerprint density at radius 2 is 2.10 bits per heavy atom. The zero-order valence-electron chi connectivity index (χ0n) is 11.0. The van der Waals surface area contributed by atoms with Crippen LogP contribution in [0, 0.1) is 0 Å². The van der Waals surface area contributed by atoms with Crippen LogP contribution >= 0.6 is 0 Å². The molecule has 0 spiro atoms. The molecular formula is C13H16N4O3. The molecule has 0 aliphatic carbocycles. The molecule has 0 saturated carbocycles. The lowest BCUT2D eigenvalue weighted by Gasteiger charge is -2.26. The standard InChI is InChI=1S/C13H16N4O3/c18-13(19)10-1-2-12-11(9-10)14-15-17(12)4-3-16-5-7-20-8-6-16/h1-2,9H,3-8H2,(H,18,19). The number of aromatic carboxylic acids is 1. The maximum absolute atomic E-state index is 10.9. The zero-order chi connectivity index (χ0) is 13.9. The third-order valence-electron chi connectivity index (χ3n) is 3.49. The Bertz CT molecular complexity index is 619. The molecule has 106 valence electrons. The van der Waals surface area contributed by atoms with Gasteiger partial charge in [0.2, 0.25) is 0 Å². The smallest absolute Gasteiger partial charge is 0.335 e. The van der Waals surface area contributed by atoms with Gasteiger partial charge in [0.05, 0.1) is 30.8 Å². The van der Waals surface area contributed by atoms with Gasteiger partial charge in [0.15, 0.2) is 0 Å². The summed E-state index contributed by atoms with van der Waals surface area (Å²) < 4.78 is 7.13. The fourth-order valence-corrected chi connectivity index (χ4v) is 2.33. The highest BCUT2D eigenvalue weighted by molar-refractivity contribution is 5.92. The summed E-state index contributed by atoms with van der Waals surface area (Å²) in [6.45, 7) is 5.07. The van der Waals surface area contributed by atoms with E-state index in [-0.39, 0.29) is 5.56 Å². The van der Waals surface area contributed by atoms with E-state index in [0.29, 0.717) is 5.52 Å². The molecule has 2 heterocycles. The van der Waals surface area contributed by atoms with Crippen molar-refractivity contribution in [3.63, 3.8) is 0 Å². The highest BCUT2D eigenvalue weighted by Gasteiger charge is 2.12. The maximum Gasteiger partial charge on any atom is 0.335 e. The Morgan fingerprint density at radius 3 is 2.85 bits per heavy atom. The molecule has 1 aliphatic heterocycles. The highest BCUT2D eigenvalue weighted by Crippen LogP contribution is 2.13. The molecule has 0 radical (unpaired) electrons. The third kappa shape index (κ3) is 2.63. The van der Waals surface area contributed by atoms with Crippen LogP contribution in [0.4, 0.5) is 0 Å². The lowest BCUT2D eigenvalue weighted by molar-refractivity contribution is 0.0360. The number of rotatable bonds is 4. The zero-order valence-corrected chi connectivity index (χ0v) is 11.0. The summed E-state index contributed by atoms with van der Waals surface area (Å²) in [6, 6.07) is 4.90. The Morgan fingerprint density at radius 1 is 1.30 bits per heavy atom. The molecule has 7 nitrogen and oxygen atoms in total. The van der Waals surface area contributed by atoms with Crippen molar-refractivity contribution in [3.05, 3.63) is 23.8 Å². The fraction of sp³-hybridized carbons (Fsp3) is 0.462. The lowest BCUT2D eigenvalue weighted by Crippen LogP contribution is -2.38. The van der Waals surface area contributed by atoms with Crippen molar-refractivity contribution in [1.29, 1.82) is 0 Å². The first kappa shape index (κ1) is 13.0. The number of nitrogens with zero attached hydrogens (tertiary/aromatic N) is 4. The molecule has 0 bridgehead atoms. The van der Waals surface area contributed by atoms with Crippen LogP contribution in [0.15, 0.2) is 18.2 Å². The van der Waals surface area contributed by atoms with E-state index in [0.717, 1.165) is 44.9 Å². The number of fused-ring (bicyclic) bond motifs is 1. The summed E-state index contributed by atoms with van der Waals surface area (Å²) >= 11 is 0. The van der Waals surface area contributed by atoms with Crippen molar-refractivity contribution < 1.29 is 14.6 Å². The summed E-state index contributed by atoms with van der Waals surface area (Å²) in [5.41, 5.74) is 1.72. The van der Waals surface area contributed by atoms with Gasteiger partial charge in [-0.05, 0) is 18.2 Å². The van der Waals surface area contributed by atoms with Crippen LogP contribution in [0.3, 0.4) is 0 Å². The topological polar surface area (TPSA) is 80.5 Å². The summed E-state index contributed by atoms with van der Waals surface area (Å²) in [6.07, 6.45) is 0. The van der Waals surface area contributed by atoms with Crippen molar-refractivity contribution in [2.45, 2.75) is 6.54 Å². The van der Waals surface area contributed by atoms with Crippen LogP contribution in [-0.4, -0.2) is 63.8 Å². The molecule has 1 fully saturated rings. The van der Waals surface area contributed by atoms with Crippen LogP contribution in [0.5, 0.6) is 0 Å². The molecule has 2 aromatic rings. The van der Waals surface area contributed by atoms with Gasteiger partial charge in [-0.25, -0.2) is 9.48 Å². The molecule has 7 heteroatoms. The van der Waals surface area contributed by atoms with Crippen molar-refractivity contribution >= 4 is 17.0 Å². The van der Waals surface area contributed by atoms with Crippen molar-refractivity contribution in [1.82, 2.24) is 19.9 Å². The van der Waals surface area contributed by atoms with E-state index >= 15 is 0 Å². The van der Waals surface area contributed by atoms with Crippen LogP contribution in [0.2, 0.25) is 0 Å². The molecule has 0 unspecified atom stereocenters. The quantitative estimate of drug-likeness (QED) is 0.874.